The predicted molar refractivity (Wildman–Crippen MR) is 99.0 cm³/mol. The molecule has 0 bridgehead atoms. The van der Waals surface area contributed by atoms with Crippen LogP contribution in [-0.2, 0) is 11.2 Å². The summed E-state index contributed by atoms with van der Waals surface area (Å²) in [4.78, 5) is 28.2. The van der Waals surface area contributed by atoms with Gasteiger partial charge in [0.1, 0.15) is 11.6 Å². The fourth-order valence-electron chi connectivity index (χ4n) is 3.84. The fraction of sp³-hybridized carbons (Fsp3) is 0.333. The minimum Gasteiger partial charge on any atom is -0.312 e. The summed E-state index contributed by atoms with van der Waals surface area (Å²) in [7, 11) is 0. The quantitative estimate of drug-likeness (QED) is 0.799. The number of carbonyl (C=O) groups excluding carboxylic acids is 2. The molecule has 2 aliphatic rings. The number of benzene rings is 2. The standard InChI is InChI=1S/C21H20F2N2O2/c22-15-12-18(23)17-4-3-11-25(19(17)13-15)21(27)14-6-8-16(9-7-14)24-10-2-1-5-20(24)26/h6-9,12-13H,1-5,10-11H2. The fourth-order valence-corrected chi connectivity index (χ4v) is 3.84. The first-order valence-corrected chi connectivity index (χ1v) is 9.25. The van der Waals surface area contributed by atoms with Crippen molar-refractivity contribution in [3.63, 3.8) is 0 Å². The van der Waals surface area contributed by atoms with Gasteiger partial charge in [0.2, 0.25) is 5.91 Å². The highest BCUT2D eigenvalue weighted by atomic mass is 19.1. The van der Waals surface area contributed by atoms with Gasteiger partial charge in [0.05, 0.1) is 5.69 Å². The molecule has 1 saturated heterocycles. The molecule has 2 aromatic rings. The molecule has 0 aromatic heterocycles. The van der Waals surface area contributed by atoms with E-state index in [1.807, 2.05) is 0 Å². The average molecular weight is 370 g/mol. The first kappa shape index (κ1) is 17.6. The van der Waals surface area contributed by atoms with Crippen molar-refractivity contribution < 1.29 is 18.4 Å². The third-order valence-electron chi connectivity index (χ3n) is 5.23. The highest BCUT2D eigenvalue weighted by Gasteiger charge is 2.27. The zero-order chi connectivity index (χ0) is 19.0. The largest absolute Gasteiger partial charge is 0.312 e. The summed E-state index contributed by atoms with van der Waals surface area (Å²) in [6.07, 6.45) is 3.53. The molecule has 0 unspecified atom stereocenters. The van der Waals surface area contributed by atoms with Gasteiger partial charge in [-0.15, -0.1) is 0 Å². The van der Waals surface area contributed by atoms with Crippen LogP contribution < -0.4 is 9.80 Å². The second-order valence-electron chi connectivity index (χ2n) is 6.99. The third-order valence-corrected chi connectivity index (χ3v) is 5.23. The zero-order valence-electron chi connectivity index (χ0n) is 14.9. The smallest absolute Gasteiger partial charge is 0.258 e. The van der Waals surface area contributed by atoms with Crippen LogP contribution in [0.5, 0.6) is 0 Å². The Morgan fingerprint density at radius 3 is 2.44 bits per heavy atom. The third kappa shape index (κ3) is 3.31. The highest BCUT2D eigenvalue weighted by molar-refractivity contribution is 6.07. The van der Waals surface area contributed by atoms with E-state index in [1.54, 1.807) is 29.2 Å². The summed E-state index contributed by atoms with van der Waals surface area (Å²) in [6, 6.07) is 8.93. The Kier molecular flexibility index (Phi) is 4.64. The minimum atomic E-state index is -0.690. The molecular weight excluding hydrogens is 350 g/mol. The second-order valence-corrected chi connectivity index (χ2v) is 6.99. The molecule has 4 rings (SSSR count). The number of piperidine rings is 1. The molecule has 4 nitrogen and oxygen atoms in total. The number of amides is 2. The minimum absolute atomic E-state index is 0.0937. The van der Waals surface area contributed by atoms with Crippen molar-refractivity contribution in [3.8, 4) is 0 Å². The number of hydrogen-bond donors (Lipinski definition) is 0. The lowest BCUT2D eigenvalue weighted by molar-refractivity contribution is -0.119. The lowest BCUT2D eigenvalue weighted by Gasteiger charge is -2.30. The molecule has 0 saturated carbocycles. The summed E-state index contributed by atoms with van der Waals surface area (Å²) in [5, 5.41) is 0. The number of hydrogen-bond acceptors (Lipinski definition) is 2. The van der Waals surface area contributed by atoms with Gasteiger partial charge in [0.15, 0.2) is 0 Å². The predicted octanol–water partition coefficient (Wildman–Crippen LogP) is 4.07. The molecule has 140 valence electrons. The number of rotatable bonds is 2. The number of halogens is 2. The second kappa shape index (κ2) is 7.10. The summed E-state index contributed by atoms with van der Waals surface area (Å²) in [6.45, 7) is 1.10. The Balaban J connectivity index is 1.60. The summed E-state index contributed by atoms with van der Waals surface area (Å²) in [5.41, 5.74) is 1.89. The molecule has 0 radical (unpaired) electrons. The van der Waals surface area contributed by atoms with Crippen LogP contribution in [0.2, 0.25) is 0 Å². The monoisotopic (exact) mass is 370 g/mol. The molecule has 27 heavy (non-hydrogen) atoms. The lowest BCUT2D eigenvalue weighted by atomic mass is 9.99. The van der Waals surface area contributed by atoms with Crippen molar-refractivity contribution in [2.75, 3.05) is 22.9 Å². The van der Waals surface area contributed by atoms with Gasteiger partial charge >= 0.3 is 0 Å². The van der Waals surface area contributed by atoms with E-state index in [2.05, 4.69) is 0 Å². The molecule has 0 aliphatic carbocycles. The molecule has 0 atom stereocenters. The maximum atomic E-state index is 14.1. The average Bonchev–Trinajstić information content (AvgIpc) is 2.67. The molecular formula is C21H20F2N2O2. The van der Waals surface area contributed by atoms with Gasteiger partial charge in [-0.3, -0.25) is 9.59 Å². The highest BCUT2D eigenvalue weighted by Crippen LogP contribution is 2.32. The van der Waals surface area contributed by atoms with Crippen LogP contribution in [0.25, 0.3) is 0 Å². The van der Waals surface area contributed by atoms with Crippen molar-refractivity contribution in [2.45, 2.75) is 32.1 Å². The van der Waals surface area contributed by atoms with Gasteiger partial charge in [-0.2, -0.15) is 0 Å². The van der Waals surface area contributed by atoms with Crippen molar-refractivity contribution in [2.24, 2.45) is 0 Å². The van der Waals surface area contributed by atoms with E-state index in [0.29, 0.717) is 49.2 Å². The van der Waals surface area contributed by atoms with Crippen LogP contribution in [0, 0.1) is 11.6 Å². The maximum Gasteiger partial charge on any atom is 0.258 e. The molecule has 1 fully saturated rings. The van der Waals surface area contributed by atoms with Crippen molar-refractivity contribution in [3.05, 3.63) is 59.2 Å². The lowest BCUT2D eigenvalue weighted by Crippen LogP contribution is -2.36. The van der Waals surface area contributed by atoms with Gasteiger partial charge in [0.25, 0.3) is 5.91 Å². The zero-order valence-corrected chi connectivity index (χ0v) is 14.9. The Morgan fingerprint density at radius 2 is 1.70 bits per heavy atom. The molecule has 2 aliphatic heterocycles. The van der Waals surface area contributed by atoms with Gasteiger partial charge in [0, 0.05) is 42.4 Å². The van der Waals surface area contributed by atoms with E-state index in [9.17, 15) is 18.4 Å². The van der Waals surface area contributed by atoms with E-state index in [1.165, 1.54) is 11.0 Å². The molecule has 2 amide bonds. The molecule has 2 heterocycles. The maximum absolute atomic E-state index is 14.1. The van der Waals surface area contributed by atoms with Crippen LogP contribution in [0.1, 0.15) is 41.6 Å². The Bertz CT molecular complexity index is 896. The van der Waals surface area contributed by atoms with E-state index in [4.69, 9.17) is 0 Å². The normalized spacial score (nSPS) is 17.0. The van der Waals surface area contributed by atoms with Crippen LogP contribution in [0.3, 0.4) is 0 Å². The first-order chi connectivity index (χ1) is 13.0. The van der Waals surface area contributed by atoms with E-state index in [-0.39, 0.29) is 11.8 Å². The van der Waals surface area contributed by atoms with Crippen LogP contribution in [0.15, 0.2) is 36.4 Å². The summed E-state index contributed by atoms with van der Waals surface area (Å²) in [5.74, 6) is -1.50. The van der Waals surface area contributed by atoms with Crippen molar-refractivity contribution >= 4 is 23.2 Å². The Labute approximate surface area is 156 Å². The van der Waals surface area contributed by atoms with Gasteiger partial charge in [-0.05, 0) is 56.0 Å². The number of carbonyl (C=O) groups is 2. The summed E-state index contributed by atoms with van der Waals surface area (Å²) >= 11 is 0. The van der Waals surface area contributed by atoms with Crippen LogP contribution in [0.4, 0.5) is 20.2 Å². The number of anilines is 2. The number of fused-ring (bicyclic) bond motifs is 1. The molecule has 6 heteroatoms. The van der Waals surface area contributed by atoms with Gasteiger partial charge in [-0.25, -0.2) is 8.78 Å². The van der Waals surface area contributed by atoms with Crippen LogP contribution in [-0.4, -0.2) is 24.9 Å². The first-order valence-electron chi connectivity index (χ1n) is 9.25. The van der Waals surface area contributed by atoms with Crippen molar-refractivity contribution in [1.29, 1.82) is 0 Å². The molecule has 0 spiro atoms. The van der Waals surface area contributed by atoms with Gasteiger partial charge in [-0.1, -0.05) is 0 Å². The molecule has 2 aromatic carbocycles. The van der Waals surface area contributed by atoms with Gasteiger partial charge < -0.3 is 9.80 Å². The van der Waals surface area contributed by atoms with Crippen LogP contribution >= 0.6 is 0 Å². The van der Waals surface area contributed by atoms with E-state index >= 15 is 0 Å². The topological polar surface area (TPSA) is 40.6 Å². The van der Waals surface area contributed by atoms with E-state index in [0.717, 1.165) is 24.6 Å². The SMILES string of the molecule is O=C1CCCCN1c1ccc(C(=O)N2CCCc3c(F)cc(F)cc32)cc1. The van der Waals surface area contributed by atoms with E-state index < -0.39 is 11.6 Å². The Hall–Kier alpha value is -2.76. The van der Waals surface area contributed by atoms with Crippen molar-refractivity contribution in [1.82, 2.24) is 0 Å². The Morgan fingerprint density at radius 1 is 0.926 bits per heavy atom. The molecule has 0 N–H and O–H groups in total. The number of nitrogens with zero attached hydrogens (tertiary/aromatic N) is 2. The summed E-state index contributed by atoms with van der Waals surface area (Å²) < 4.78 is 27.7.